The van der Waals surface area contributed by atoms with Crippen LogP contribution in [0.5, 0.6) is 0 Å². The van der Waals surface area contributed by atoms with Gasteiger partial charge in [0.05, 0.1) is 6.10 Å². The molecule has 2 unspecified atom stereocenters. The number of hydrogen-bond acceptors (Lipinski definition) is 2. The lowest BCUT2D eigenvalue weighted by Crippen LogP contribution is -2.28. The van der Waals surface area contributed by atoms with Crippen molar-refractivity contribution in [3.63, 3.8) is 0 Å². The van der Waals surface area contributed by atoms with E-state index in [0.29, 0.717) is 0 Å². The molecular formula is C13H21NO. The molecule has 1 aromatic carbocycles. The highest BCUT2D eigenvalue weighted by Gasteiger charge is 2.19. The van der Waals surface area contributed by atoms with Crippen LogP contribution in [0.4, 0.5) is 0 Å². The maximum absolute atomic E-state index is 10.1. The van der Waals surface area contributed by atoms with Crippen molar-refractivity contribution in [1.29, 1.82) is 0 Å². The smallest absolute Gasteiger partial charge is 0.0945 e. The van der Waals surface area contributed by atoms with Crippen LogP contribution in [0.25, 0.3) is 0 Å². The number of nitrogens with two attached hydrogens (primary N) is 1. The van der Waals surface area contributed by atoms with Crippen molar-refractivity contribution in [2.24, 2.45) is 5.73 Å². The van der Waals surface area contributed by atoms with Crippen molar-refractivity contribution in [3.05, 3.63) is 34.4 Å². The van der Waals surface area contributed by atoms with Gasteiger partial charge < -0.3 is 10.8 Å². The Morgan fingerprint density at radius 1 is 1.20 bits per heavy atom. The highest BCUT2D eigenvalue weighted by atomic mass is 16.3. The summed E-state index contributed by atoms with van der Waals surface area (Å²) in [4.78, 5) is 0. The van der Waals surface area contributed by atoms with Crippen molar-refractivity contribution < 1.29 is 5.11 Å². The van der Waals surface area contributed by atoms with E-state index < -0.39 is 6.10 Å². The maximum atomic E-state index is 10.1. The third-order valence-electron chi connectivity index (χ3n) is 2.91. The average molecular weight is 207 g/mol. The molecule has 0 radical (unpaired) electrons. The molecule has 0 aliphatic heterocycles. The van der Waals surface area contributed by atoms with Crippen molar-refractivity contribution in [2.75, 3.05) is 0 Å². The zero-order valence-corrected chi connectivity index (χ0v) is 10.0. The third-order valence-corrected chi connectivity index (χ3v) is 2.91. The Morgan fingerprint density at radius 3 is 2.07 bits per heavy atom. The molecule has 1 aromatic rings. The van der Waals surface area contributed by atoms with E-state index in [2.05, 4.69) is 19.1 Å². The first-order chi connectivity index (χ1) is 6.97. The van der Waals surface area contributed by atoms with E-state index in [9.17, 15) is 5.11 Å². The summed E-state index contributed by atoms with van der Waals surface area (Å²) in [7, 11) is 0. The summed E-state index contributed by atoms with van der Waals surface area (Å²) in [5, 5.41) is 10.1. The van der Waals surface area contributed by atoms with Gasteiger partial charge in [0.2, 0.25) is 0 Å². The van der Waals surface area contributed by atoms with Gasteiger partial charge in [-0.25, -0.2) is 0 Å². The summed E-state index contributed by atoms with van der Waals surface area (Å²) >= 11 is 0. The summed E-state index contributed by atoms with van der Waals surface area (Å²) in [6.07, 6.45) is 0.240. The van der Waals surface area contributed by atoms with Crippen LogP contribution in [0.2, 0.25) is 0 Å². The number of aryl methyl sites for hydroxylation is 3. The number of hydrogen-bond donors (Lipinski definition) is 2. The van der Waals surface area contributed by atoms with Gasteiger partial charge in [-0.15, -0.1) is 0 Å². The molecule has 0 bridgehead atoms. The van der Waals surface area contributed by atoms with E-state index in [1.165, 1.54) is 5.56 Å². The van der Waals surface area contributed by atoms with Crippen LogP contribution in [0.3, 0.4) is 0 Å². The molecule has 0 saturated carbocycles. The molecule has 0 fully saturated rings. The van der Waals surface area contributed by atoms with Crippen LogP contribution in [0, 0.1) is 20.8 Å². The highest BCUT2D eigenvalue weighted by Crippen LogP contribution is 2.25. The minimum atomic E-state index is -0.546. The molecule has 0 amide bonds. The molecule has 3 N–H and O–H groups in total. The molecule has 0 heterocycles. The van der Waals surface area contributed by atoms with Crippen LogP contribution in [-0.2, 0) is 0 Å². The van der Waals surface area contributed by atoms with Gasteiger partial charge in [-0.05, 0) is 43.9 Å². The van der Waals surface area contributed by atoms with E-state index >= 15 is 0 Å². The predicted molar refractivity (Wildman–Crippen MR) is 63.9 cm³/mol. The van der Waals surface area contributed by atoms with Crippen LogP contribution in [0.15, 0.2) is 12.1 Å². The van der Waals surface area contributed by atoms with Gasteiger partial charge in [0.1, 0.15) is 0 Å². The van der Waals surface area contributed by atoms with Gasteiger partial charge in [0.25, 0.3) is 0 Å². The number of rotatable bonds is 3. The van der Waals surface area contributed by atoms with Gasteiger partial charge in [0, 0.05) is 6.04 Å². The molecule has 2 heteroatoms. The molecule has 0 saturated heterocycles. The first-order valence-electron chi connectivity index (χ1n) is 5.48. The van der Waals surface area contributed by atoms with E-state index in [1.54, 1.807) is 0 Å². The topological polar surface area (TPSA) is 46.2 Å². The lowest BCUT2D eigenvalue weighted by Gasteiger charge is -2.22. The SMILES string of the molecule is CCC(N)C(O)c1c(C)cc(C)cc1C. The van der Waals surface area contributed by atoms with Gasteiger partial charge in [-0.3, -0.25) is 0 Å². The van der Waals surface area contributed by atoms with Crippen LogP contribution < -0.4 is 5.73 Å². The van der Waals surface area contributed by atoms with Gasteiger partial charge >= 0.3 is 0 Å². The minimum absolute atomic E-state index is 0.176. The lowest BCUT2D eigenvalue weighted by molar-refractivity contribution is 0.143. The van der Waals surface area contributed by atoms with Crippen molar-refractivity contribution in [1.82, 2.24) is 0 Å². The zero-order chi connectivity index (χ0) is 11.6. The molecule has 0 spiro atoms. The van der Waals surface area contributed by atoms with E-state index in [0.717, 1.165) is 23.1 Å². The first-order valence-corrected chi connectivity index (χ1v) is 5.48. The van der Waals surface area contributed by atoms with Crippen LogP contribution in [0.1, 0.15) is 41.7 Å². The summed E-state index contributed by atoms with van der Waals surface area (Å²) < 4.78 is 0. The molecule has 15 heavy (non-hydrogen) atoms. The molecule has 0 aliphatic rings. The molecule has 0 aromatic heterocycles. The molecule has 84 valence electrons. The molecular weight excluding hydrogens is 186 g/mol. The van der Waals surface area contributed by atoms with Crippen LogP contribution >= 0.6 is 0 Å². The fraction of sp³-hybridized carbons (Fsp3) is 0.538. The lowest BCUT2D eigenvalue weighted by atomic mass is 9.91. The highest BCUT2D eigenvalue weighted by molar-refractivity contribution is 5.39. The van der Waals surface area contributed by atoms with E-state index in [1.807, 2.05) is 20.8 Å². The first kappa shape index (κ1) is 12.2. The monoisotopic (exact) mass is 207 g/mol. The molecule has 1 rings (SSSR count). The Morgan fingerprint density at radius 2 is 1.67 bits per heavy atom. The fourth-order valence-corrected chi connectivity index (χ4v) is 2.10. The summed E-state index contributed by atoms with van der Waals surface area (Å²) in [5.41, 5.74) is 10.4. The number of aliphatic hydroxyl groups is 1. The quantitative estimate of drug-likeness (QED) is 0.799. The normalized spacial score (nSPS) is 15.1. The summed E-state index contributed by atoms with van der Waals surface area (Å²) in [6.45, 7) is 8.12. The summed E-state index contributed by atoms with van der Waals surface area (Å²) in [6, 6.07) is 4.01. The largest absolute Gasteiger partial charge is 0.387 e. The zero-order valence-electron chi connectivity index (χ0n) is 10.0. The third kappa shape index (κ3) is 2.58. The molecule has 2 nitrogen and oxygen atoms in total. The van der Waals surface area contributed by atoms with Gasteiger partial charge in [-0.1, -0.05) is 24.6 Å². The standard InChI is InChI=1S/C13H21NO/c1-5-11(14)13(15)12-9(3)6-8(2)7-10(12)4/h6-7,11,13,15H,5,14H2,1-4H3. The molecule has 2 atom stereocenters. The fourth-order valence-electron chi connectivity index (χ4n) is 2.10. The van der Waals surface area contributed by atoms with Gasteiger partial charge in [0.15, 0.2) is 0 Å². The average Bonchev–Trinajstić information content (AvgIpc) is 2.14. The number of aliphatic hydroxyl groups excluding tert-OH is 1. The second kappa shape index (κ2) is 4.77. The van der Waals surface area contributed by atoms with Crippen molar-refractivity contribution >= 4 is 0 Å². The van der Waals surface area contributed by atoms with E-state index in [4.69, 9.17) is 5.73 Å². The Bertz CT molecular complexity index is 323. The Kier molecular flexibility index (Phi) is 3.89. The van der Waals surface area contributed by atoms with Crippen molar-refractivity contribution in [3.8, 4) is 0 Å². The van der Waals surface area contributed by atoms with E-state index in [-0.39, 0.29) is 6.04 Å². The second-order valence-corrected chi connectivity index (χ2v) is 4.33. The van der Waals surface area contributed by atoms with Crippen molar-refractivity contribution in [2.45, 2.75) is 46.3 Å². The maximum Gasteiger partial charge on any atom is 0.0945 e. The Hall–Kier alpha value is -0.860. The minimum Gasteiger partial charge on any atom is -0.387 e. The molecule has 0 aliphatic carbocycles. The van der Waals surface area contributed by atoms with Crippen LogP contribution in [-0.4, -0.2) is 11.1 Å². The second-order valence-electron chi connectivity index (χ2n) is 4.33. The Balaban J connectivity index is 3.13. The summed E-state index contributed by atoms with van der Waals surface area (Å²) in [5.74, 6) is 0. The Labute approximate surface area is 92.1 Å². The van der Waals surface area contributed by atoms with Gasteiger partial charge in [-0.2, -0.15) is 0 Å². The predicted octanol–water partition coefficient (Wildman–Crippen LogP) is 2.38. The number of benzene rings is 1.